The van der Waals surface area contributed by atoms with Gasteiger partial charge in [0.25, 0.3) is 0 Å². The molecule has 122 valence electrons. The van der Waals surface area contributed by atoms with E-state index in [2.05, 4.69) is 46.7 Å². The summed E-state index contributed by atoms with van der Waals surface area (Å²) < 4.78 is 0. The third-order valence-electron chi connectivity index (χ3n) is 5.15. The number of anilines is 1. The second-order valence-corrected chi connectivity index (χ2v) is 7.25. The monoisotopic (exact) mass is 301 g/mol. The lowest BCUT2D eigenvalue weighted by Gasteiger charge is -2.30. The minimum Gasteiger partial charge on any atom is -0.385 e. The van der Waals surface area contributed by atoms with Crippen molar-refractivity contribution in [3.8, 4) is 0 Å². The Morgan fingerprint density at radius 2 is 1.91 bits per heavy atom. The molecule has 0 amide bonds. The van der Waals surface area contributed by atoms with E-state index in [1.165, 1.54) is 63.1 Å². The van der Waals surface area contributed by atoms with E-state index in [4.69, 9.17) is 0 Å². The van der Waals surface area contributed by atoms with Crippen molar-refractivity contribution in [2.45, 2.75) is 39.2 Å². The van der Waals surface area contributed by atoms with Crippen LogP contribution in [0.1, 0.15) is 38.2 Å². The minimum absolute atomic E-state index is 0.829. The fourth-order valence-corrected chi connectivity index (χ4v) is 3.76. The van der Waals surface area contributed by atoms with Crippen LogP contribution in [0.3, 0.4) is 0 Å². The molecule has 22 heavy (non-hydrogen) atoms. The van der Waals surface area contributed by atoms with Crippen LogP contribution < -0.4 is 10.6 Å². The van der Waals surface area contributed by atoms with Crippen LogP contribution in [0.4, 0.5) is 5.69 Å². The number of likely N-dealkylation sites (tertiary alicyclic amines) is 1. The van der Waals surface area contributed by atoms with Crippen molar-refractivity contribution in [3.63, 3.8) is 0 Å². The van der Waals surface area contributed by atoms with E-state index in [1.54, 1.807) is 0 Å². The van der Waals surface area contributed by atoms with Crippen LogP contribution in [0.5, 0.6) is 0 Å². The summed E-state index contributed by atoms with van der Waals surface area (Å²) in [7, 11) is 0. The Morgan fingerprint density at radius 1 is 1.14 bits per heavy atom. The Morgan fingerprint density at radius 3 is 2.64 bits per heavy atom. The van der Waals surface area contributed by atoms with E-state index >= 15 is 0 Å². The molecule has 0 saturated carbocycles. The molecular weight excluding hydrogens is 270 g/mol. The highest BCUT2D eigenvalue weighted by Gasteiger charge is 2.16. The minimum atomic E-state index is 0.829. The first kappa shape index (κ1) is 15.8. The van der Waals surface area contributed by atoms with Crippen molar-refractivity contribution < 1.29 is 0 Å². The molecule has 2 saturated heterocycles. The molecule has 2 aliphatic rings. The van der Waals surface area contributed by atoms with Crippen molar-refractivity contribution in [1.29, 1.82) is 0 Å². The molecule has 0 bridgehead atoms. The molecule has 3 heteroatoms. The zero-order valence-corrected chi connectivity index (χ0v) is 14.0. The maximum absolute atomic E-state index is 3.61. The second kappa shape index (κ2) is 7.98. The highest BCUT2D eigenvalue weighted by Crippen LogP contribution is 2.19. The van der Waals surface area contributed by atoms with Gasteiger partial charge in [-0.1, -0.05) is 19.1 Å². The largest absolute Gasteiger partial charge is 0.385 e. The molecule has 1 unspecified atom stereocenters. The normalized spacial score (nSPS) is 24.3. The molecule has 3 rings (SSSR count). The Labute approximate surface area is 135 Å². The van der Waals surface area contributed by atoms with Crippen LogP contribution in [-0.4, -0.2) is 37.6 Å². The zero-order valence-electron chi connectivity index (χ0n) is 14.0. The van der Waals surface area contributed by atoms with Gasteiger partial charge < -0.3 is 10.6 Å². The lowest BCUT2D eigenvalue weighted by atomic mass is 9.98. The van der Waals surface area contributed by atoms with Crippen LogP contribution in [0.15, 0.2) is 24.3 Å². The summed E-state index contributed by atoms with van der Waals surface area (Å²) in [5, 5.41) is 7.04. The van der Waals surface area contributed by atoms with Gasteiger partial charge in [0.1, 0.15) is 0 Å². The lowest BCUT2D eigenvalue weighted by molar-refractivity contribution is 0.176. The summed E-state index contributed by atoms with van der Waals surface area (Å²) >= 11 is 0. The standard InChI is InChI=1S/C19H31N3/c1-16-3-2-12-22(14-16)15-18-4-6-19(7-5-18)21-13-17-8-10-20-11-9-17/h4-7,16-17,20-21H,2-3,8-15H2,1H3. The highest BCUT2D eigenvalue weighted by molar-refractivity contribution is 5.44. The predicted octanol–water partition coefficient (Wildman–Crippen LogP) is 3.33. The summed E-state index contributed by atoms with van der Waals surface area (Å²) in [6.45, 7) is 9.48. The van der Waals surface area contributed by atoms with E-state index in [0.29, 0.717) is 0 Å². The number of piperidine rings is 2. The average Bonchev–Trinajstić information content (AvgIpc) is 2.55. The van der Waals surface area contributed by atoms with E-state index in [1.807, 2.05) is 0 Å². The van der Waals surface area contributed by atoms with Gasteiger partial charge >= 0.3 is 0 Å². The summed E-state index contributed by atoms with van der Waals surface area (Å²) in [5.41, 5.74) is 2.72. The van der Waals surface area contributed by atoms with Crippen molar-refractivity contribution in [3.05, 3.63) is 29.8 Å². The molecule has 0 aromatic heterocycles. The number of nitrogens with one attached hydrogen (secondary N) is 2. The third-order valence-corrected chi connectivity index (χ3v) is 5.15. The van der Waals surface area contributed by atoms with Gasteiger partial charge in [-0.25, -0.2) is 0 Å². The Balaban J connectivity index is 1.45. The van der Waals surface area contributed by atoms with Crippen molar-refractivity contribution in [2.75, 3.05) is 38.0 Å². The summed E-state index contributed by atoms with van der Waals surface area (Å²) in [6.07, 6.45) is 5.36. The molecule has 1 aromatic rings. The summed E-state index contributed by atoms with van der Waals surface area (Å²) in [6, 6.07) is 9.10. The van der Waals surface area contributed by atoms with Gasteiger partial charge in [0, 0.05) is 25.3 Å². The fraction of sp³-hybridized carbons (Fsp3) is 0.684. The van der Waals surface area contributed by atoms with Gasteiger partial charge in [-0.05, 0) is 74.8 Å². The molecule has 0 aliphatic carbocycles. The number of benzene rings is 1. The molecule has 2 N–H and O–H groups in total. The SMILES string of the molecule is CC1CCCN(Cc2ccc(NCC3CCNCC3)cc2)C1. The van der Waals surface area contributed by atoms with Gasteiger partial charge in [-0.2, -0.15) is 0 Å². The van der Waals surface area contributed by atoms with E-state index in [9.17, 15) is 0 Å². The molecule has 0 radical (unpaired) electrons. The number of rotatable bonds is 5. The van der Waals surface area contributed by atoms with Gasteiger partial charge in [-0.15, -0.1) is 0 Å². The van der Waals surface area contributed by atoms with Crippen molar-refractivity contribution >= 4 is 5.69 Å². The molecule has 2 aliphatic heterocycles. The lowest BCUT2D eigenvalue weighted by Crippen LogP contribution is -2.33. The molecule has 2 heterocycles. The van der Waals surface area contributed by atoms with Crippen LogP contribution in [0.25, 0.3) is 0 Å². The smallest absolute Gasteiger partial charge is 0.0340 e. The Kier molecular flexibility index (Phi) is 5.74. The highest BCUT2D eigenvalue weighted by atomic mass is 15.1. The first-order valence-corrected chi connectivity index (χ1v) is 9.05. The molecule has 1 aromatic carbocycles. The van der Waals surface area contributed by atoms with Crippen molar-refractivity contribution in [2.24, 2.45) is 11.8 Å². The zero-order chi connectivity index (χ0) is 15.2. The maximum atomic E-state index is 3.61. The van der Waals surface area contributed by atoms with Gasteiger partial charge in [0.2, 0.25) is 0 Å². The number of hydrogen-bond donors (Lipinski definition) is 2. The Bertz CT molecular complexity index is 436. The molecule has 0 spiro atoms. The van der Waals surface area contributed by atoms with Crippen LogP contribution >= 0.6 is 0 Å². The molecule has 2 fully saturated rings. The summed E-state index contributed by atoms with van der Waals surface area (Å²) in [4.78, 5) is 2.60. The first-order valence-electron chi connectivity index (χ1n) is 9.05. The van der Waals surface area contributed by atoms with Gasteiger partial charge in [0.15, 0.2) is 0 Å². The predicted molar refractivity (Wildman–Crippen MR) is 94.2 cm³/mol. The van der Waals surface area contributed by atoms with E-state index in [0.717, 1.165) is 24.9 Å². The van der Waals surface area contributed by atoms with E-state index < -0.39 is 0 Å². The van der Waals surface area contributed by atoms with Crippen LogP contribution in [0.2, 0.25) is 0 Å². The van der Waals surface area contributed by atoms with Gasteiger partial charge in [-0.3, -0.25) is 4.90 Å². The maximum Gasteiger partial charge on any atom is 0.0340 e. The molecular formula is C19H31N3. The van der Waals surface area contributed by atoms with Crippen molar-refractivity contribution in [1.82, 2.24) is 10.2 Å². The number of nitrogens with zero attached hydrogens (tertiary/aromatic N) is 1. The topological polar surface area (TPSA) is 27.3 Å². The number of hydrogen-bond acceptors (Lipinski definition) is 3. The Hall–Kier alpha value is -1.06. The van der Waals surface area contributed by atoms with E-state index in [-0.39, 0.29) is 0 Å². The fourth-order valence-electron chi connectivity index (χ4n) is 3.76. The van der Waals surface area contributed by atoms with Crippen LogP contribution in [0, 0.1) is 11.8 Å². The summed E-state index contributed by atoms with van der Waals surface area (Å²) in [5.74, 6) is 1.69. The van der Waals surface area contributed by atoms with Crippen LogP contribution in [-0.2, 0) is 6.54 Å². The first-order chi connectivity index (χ1) is 10.8. The average molecular weight is 301 g/mol. The van der Waals surface area contributed by atoms with Gasteiger partial charge in [0.05, 0.1) is 0 Å². The quantitative estimate of drug-likeness (QED) is 0.873. The third kappa shape index (κ3) is 4.72. The molecule has 1 atom stereocenters. The second-order valence-electron chi connectivity index (χ2n) is 7.25. The molecule has 3 nitrogen and oxygen atoms in total.